The first-order valence-electron chi connectivity index (χ1n) is 19.2. The van der Waals surface area contributed by atoms with E-state index in [0.717, 1.165) is 64.2 Å². The predicted molar refractivity (Wildman–Crippen MR) is 191 cm³/mol. The van der Waals surface area contributed by atoms with Gasteiger partial charge in [-0.25, -0.2) is 4.57 Å². The van der Waals surface area contributed by atoms with Crippen LogP contribution in [0.3, 0.4) is 0 Å². The number of rotatable bonds is 31. The molecule has 1 rings (SSSR count). The zero-order valence-corrected chi connectivity index (χ0v) is 31.3. The number of ether oxygens (including phenoxy) is 2. The number of phosphoric ester groups is 1. The molecule has 0 saturated heterocycles. The van der Waals surface area contributed by atoms with Crippen molar-refractivity contribution in [2.45, 2.75) is 186 Å². The van der Waals surface area contributed by atoms with Crippen LogP contribution >= 0.6 is 7.82 Å². The summed E-state index contributed by atoms with van der Waals surface area (Å²) in [5.41, 5.74) is 0. The molecule has 12 heteroatoms. The molecule has 0 spiro atoms. The predicted octanol–water partition coefficient (Wildman–Crippen LogP) is 7.45. The van der Waals surface area contributed by atoms with E-state index in [1.54, 1.807) is 6.08 Å². The average Bonchev–Trinajstić information content (AvgIpc) is 3.32. The highest BCUT2D eigenvalue weighted by Crippen LogP contribution is 2.37. The molecule has 288 valence electrons. The van der Waals surface area contributed by atoms with Gasteiger partial charge in [0.1, 0.15) is 6.61 Å². The zero-order valence-electron chi connectivity index (χ0n) is 30.4. The van der Waals surface area contributed by atoms with E-state index in [2.05, 4.69) is 18.4 Å². The SMILES string of the molecule is CCCCCCCCCCCCCC(=O)O[C@H](COC(=O)CCCCCC[C@@H]1[C@@H](/C=C/[C@@H](O)CCCCC)[C@H](O)C[C@@H]1O)COP(=O)(O)O. The van der Waals surface area contributed by atoms with Crippen LogP contribution in [0.15, 0.2) is 12.2 Å². The quantitative estimate of drug-likeness (QED) is 0.0208. The van der Waals surface area contributed by atoms with Gasteiger partial charge in [0.05, 0.1) is 24.9 Å². The van der Waals surface area contributed by atoms with Gasteiger partial charge < -0.3 is 34.6 Å². The molecule has 0 heterocycles. The Hall–Kier alpha value is -1.33. The minimum absolute atomic E-state index is 0.0797. The molecule has 1 fully saturated rings. The molecule has 0 aromatic rings. The third-order valence-corrected chi connectivity index (χ3v) is 9.87. The molecule has 0 unspecified atom stereocenters. The molecule has 49 heavy (non-hydrogen) atoms. The fourth-order valence-electron chi connectivity index (χ4n) is 6.47. The summed E-state index contributed by atoms with van der Waals surface area (Å²) in [7, 11) is -4.80. The van der Waals surface area contributed by atoms with Crippen LogP contribution in [0.1, 0.15) is 162 Å². The largest absolute Gasteiger partial charge is 0.469 e. The van der Waals surface area contributed by atoms with E-state index in [9.17, 15) is 29.5 Å². The Morgan fingerprint density at radius 2 is 1.27 bits per heavy atom. The number of esters is 2. The Bertz CT molecular complexity index is 924. The van der Waals surface area contributed by atoms with Crippen molar-refractivity contribution < 1.29 is 53.3 Å². The smallest absolute Gasteiger partial charge is 0.462 e. The molecular formula is C37H69O11P. The second-order valence-corrected chi connectivity index (χ2v) is 15.1. The number of carbonyl (C=O) groups excluding carboxylic acids is 2. The molecule has 0 radical (unpaired) electrons. The van der Waals surface area contributed by atoms with E-state index in [1.165, 1.54) is 44.9 Å². The summed E-state index contributed by atoms with van der Waals surface area (Å²) in [4.78, 5) is 42.9. The molecule has 0 aromatic heterocycles. The lowest BCUT2D eigenvalue weighted by Gasteiger charge is -2.21. The first-order chi connectivity index (χ1) is 23.5. The molecular weight excluding hydrogens is 651 g/mol. The van der Waals surface area contributed by atoms with E-state index < -0.39 is 50.8 Å². The van der Waals surface area contributed by atoms with Crippen LogP contribution in [0, 0.1) is 11.8 Å². The lowest BCUT2D eigenvalue weighted by molar-refractivity contribution is -0.161. The van der Waals surface area contributed by atoms with Gasteiger partial charge in [-0.15, -0.1) is 0 Å². The molecule has 1 aliphatic rings. The number of phosphoric acid groups is 1. The molecule has 6 atom stereocenters. The molecule has 1 aliphatic carbocycles. The fourth-order valence-corrected chi connectivity index (χ4v) is 6.83. The number of hydrogen-bond donors (Lipinski definition) is 5. The average molecular weight is 721 g/mol. The number of aliphatic hydroxyl groups excluding tert-OH is 3. The van der Waals surface area contributed by atoms with E-state index >= 15 is 0 Å². The second kappa shape index (κ2) is 28.3. The maximum atomic E-state index is 12.4. The summed E-state index contributed by atoms with van der Waals surface area (Å²) in [6, 6.07) is 0. The molecule has 0 bridgehead atoms. The summed E-state index contributed by atoms with van der Waals surface area (Å²) in [6.07, 6.45) is 21.5. The lowest BCUT2D eigenvalue weighted by atomic mass is 9.88. The first-order valence-corrected chi connectivity index (χ1v) is 20.8. The Balaban J connectivity index is 2.31. The highest BCUT2D eigenvalue weighted by molar-refractivity contribution is 7.46. The number of carbonyl (C=O) groups is 2. The zero-order chi connectivity index (χ0) is 36.3. The van der Waals surface area contributed by atoms with Crippen LogP contribution in [0.25, 0.3) is 0 Å². The van der Waals surface area contributed by atoms with Crippen molar-refractivity contribution in [3.05, 3.63) is 12.2 Å². The van der Waals surface area contributed by atoms with Gasteiger partial charge in [-0.05, 0) is 31.6 Å². The van der Waals surface area contributed by atoms with Crippen molar-refractivity contribution in [2.24, 2.45) is 11.8 Å². The van der Waals surface area contributed by atoms with Gasteiger partial charge in [-0.3, -0.25) is 14.1 Å². The molecule has 0 amide bonds. The maximum absolute atomic E-state index is 12.4. The monoisotopic (exact) mass is 720 g/mol. The Morgan fingerprint density at radius 3 is 1.86 bits per heavy atom. The van der Waals surface area contributed by atoms with Crippen molar-refractivity contribution in [1.82, 2.24) is 0 Å². The van der Waals surface area contributed by atoms with Gasteiger partial charge in [-0.2, -0.15) is 0 Å². The number of aliphatic hydroxyl groups is 3. The first kappa shape index (κ1) is 45.7. The van der Waals surface area contributed by atoms with E-state index in [1.807, 2.05) is 6.08 Å². The topological polar surface area (TPSA) is 180 Å². The van der Waals surface area contributed by atoms with Crippen molar-refractivity contribution >= 4 is 19.8 Å². The maximum Gasteiger partial charge on any atom is 0.469 e. The molecule has 1 saturated carbocycles. The summed E-state index contributed by atoms with van der Waals surface area (Å²) in [5, 5.41) is 31.2. The van der Waals surface area contributed by atoms with Gasteiger partial charge in [0, 0.05) is 25.2 Å². The minimum Gasteiger partial charge on any atom is -0.462 e. The standard InChI is InChI=1S/C37H69O11P/c1-3-5-7-8-9-10-11-12-13-14-20-24-37(42)48-31(29-47-49(43,44)45)28-46-36(41)23-19-16-15-18-22-32-33(35(40)27-34(32)39)26-25-30(38)21-17-6-4-2/h25-26,30-35,38-40H,3-24,27-29H2,1-2H3,(H2,43,44,45)/b26-25+/t30-,31+,32+,33+,34-,35+/m0/s1. The summed E-state index contributed by atoms with van der Waals surface area (Å²) in [5.74, 6) is -1.29. The van der Waals surface area contributed by atoms with Crippen LogP contribution in [-0.4, -0.2) is 74.7 Å². The number of unbranched alkanes of at least 4 members (excludes halogenated alkanes) is 15. The molecule has 11 nitrogen and oxygen atoms in total. The van der Waals surface area contributed by atoms with Gasteiger partial charge in [0.2, 0.25) is 0 Å². The highest BCUT2D eigenvalue weighted by Gasteiger charge is 2.39. The van der Waals surface area contributed by atoms with E-state index in [4.69, 9.17) is 19.3 Å². The Labute approximate surface area is 295 Å². The van der Waals surface area contributed by atoms with E-state index in [-0.39, 0.29) is 31.3 Å². The second-order valence-electron chi connectivity index (χ2n) is 13.9. The van der Waals surface area contributed by atoms with Crippen molar-refractivity contribution in [2.75, 3.05) is 13.2 Å². The molecule has 5 N–H and O–H groups in total. The van der Waals surface area contributed by atoms with Crippen LogP contribution in [-0.2, 0) is 28.2 Å². The highest BCUT2D eigenvalue weighted by atomic mass is 31.2. The lowest BCUT2D eigenvalue weighted by Crippen LogP contribution is -2.29. The van der Waals surface area contributed by atoms with Gasteiger partial charge in [0.15, 0.2) is 6.10 Å². The third-order valence-electron chi connectivity index (χ3n) is 9.38. The molecule has 0 aromatic carbocycles. The minimum atomic E-state index is -4.80. The Morgan fingerprint density at radius 1 is 0.735 bits per heavy atom. The fraction of sp³-hybridized carbons (Fsp3) is 0.892. The summed E-state index contributed by atoms with van der Waals surface area (Å²) in [6.45, 7) is 3.39. The van der Waals surface area contributed by atoms with Gasteiger partial charge in [0.25, 0.3) is 0 Å². The van der Waals surface area contributed by atoms with Gasteiger partial charge in [-0.1, -0.05) is 129 Å². The van der Waals surface area contributed by atoms with Crippen LogP contribution < -0.4 is 0 Å². The number of hydrogen-bond acceptors (Lipinski definition) is 9. The van der Waals surface area contributed by atoms with Crippen molar-refractivity contribution in [1.29, 1.82) is 0 Å². The normalized spacial score (nSPS) is 20.9. The van der Waals surface area contributed by atoms with Crippen molar-refractivity contribution in [3.8, 4) is 0 Å². The van der Waals surface area contributed by atoms with E-state index in [0.29, 0.717) is 25.7 Å². The van der Waals surface area contributed by atoms with Gasteiger partial charge >= 0.3 is 19.8 Å². The van der Waals surface area contributed by atoms with Crippen LogP contribution in [0.4, 0.5) is 0 Å². The molecule has 0 aliphatic heterocycles. The summed E-state index contributed by atoms with van der Waals surface area (Å²) >= 11 is 0. The van der Waals surface area contributed by atoms with Crippen LogP contribution in [0.2, 0.25) is 0 Å². The van der Waals surface area contributed by atoms with Crippen molar-refractivity contribution in [3.63, 3.8) is 0 Å². The van der Waals surface area contributed by atoms with Crippen LogP contribution in [0.5, 0.6) is 0 Å². The Kier molecular flexibility index (Phi) is 26.4. The summed E-state index contributed by atoms with van der Waals surface area (Å²) < 4.78 is 26.3. The third kappa shape index (κ3) is 24.5.